The topological polar surface area (TPSA) is 102 Å². The van der Waals surface area contributed by atoms with Crippen LogP contribution in [-0.2, 0) is 0 Å². The molecule has 5 rings (SSSR count). The molecule has 3 heterocycles. The van der Waals surface area contributed by atoms with Crippen molar-refractivity contribution < 1.29 is 14.3 Å². The lowest BCUT2D eigenvalue weighted by molar-refractivity contribution is 0.0712. The number of aromatic nitrogens is 4. The third-order valence-corrected chi connectivity index (χ3v) is 6.56. The smallest absolute Gasteiger partial charge is 0.295 e. The number of nitrogens with one attached hydrogen (secondary N) is 1. The molecule has 2 aromatic heterocycles. The molecular formula is C27H25ClN6O3. The first kappa shape index (κ1) is 24.5. The van der Waals surface area contributed by atoms with Gasteiger partial charge in [0.25, 0.3) is 11.8 Å². The van der Waals surface area contributed by atoms with Gasteiger partial charge >= 0.3 is 0 Å². The Bertz CT molecular complexity index is 1400. The highest BCUT2D eigenvalue weighted by Crippen LogP contribution is 2.30. The van der Waals surface area contributed by atoms with Crippen LogP contribution in [-0.4, -0.2) is 56.7 Å². The summed E-state index contributed by atoms with van der Waals surface area (Å²) in [6.45, 7) is 1.28. The lowest BCUT2D eigenvalue weighted by atomic mass is 9.89. The second-order valence-corrected chi connectivity index (χ2v) is 9.10. The molecule has 0 unspecified atom stereocenters. The summed E-state index contributed by atoms with van der Waals surface area (Å²) in [5.41, 5.74) is 3.14. The minimum absolute atomic E-state index is 0.0811. The standard InChI is InChI=1S/C27H25ClN6O3/c1-37-24-16-20(15-23(28)31-24)27(36)33-13-11-19(12-14-33)18-7-9-21(10-8-18)30-26(35)25-29-17-34(32-25)22-5-3-2-4-6-22/h2-10,15-17,19H,11-14H2,1H3,(H,30,35). The van der Waals surface area contributed by atoms with E-state index in [0.717, 1.165) is 18.5 Å². The number of nitrogens with zero attached hydrogens (tertiary/aromatic N) is 5. The van der Waals surface area contributed by atoms with Crippen LogP contribution in [0, 0.1) is 0 Å². The van der Waals surface area contributed by atoms with E-state index < -0.39 is 0 Å². The molecule has 4 aromatic rings. The SMILES string of the molecule is COc1cc(C(=O)N2CCC(c3ccc(NC(=O)c4ncn(-c5ccccc5)n4)cc3)CC2)cc(Cl)n1. The molecule has 0 aliphatic carbocycles. The van der Waals surface area contributed by atoms with Crippen molar-refractivity contribution in [3.63, 3.8) is 0 Å². The van der Waals surface area contributed by atoms with Crippen LogP contribution in [0.5, 0.6) is 5.88 Å². The Balaban J connectivity index is 1.17. The van der Waals surface area contributed by atoms with Crippen LogP contribution in [0.1, 0.15) is 45.3 Å². The molecule has 1 fully saturated rings. The predicted molar refractivity (Wildman–Crippen MR) is 139 cm³/mol. The van der Waals surface area contributed by atoms with Crippen LogP contribution in [0.2, 0.25) is 5.15 Å². The molecule has 1 N–H and O–H groups in total. The zero-order valence-electron chi connectivity index (χ0n) is 20.2. The maximum Gasteiger partial charge on any atom is 0.295 e. The number of hydrogen-bond donors (Lipinski definition) is 1. The molecule has 2 aromatic carbocycles. The number of halogens is 1. The maximum absolute atomic E-state index is 12.9. The van der Waals surface area contributed by atoms with Crippen LogP contribution in [0.15, 0.2) is 73.1 Å². The number of carbonyl (C=O) groups excluding carboxylic acids is 2. The highest BCUT2D eigenvalue weighted by atomic mass is 35.5. The van der Waals surface area contributed by atoms with E-state index in [-0.39, 0.29) is 22.8 Å². The monoisotopic (exact) mass is 516 g/mol. The summed E-state index contributed by atoms with van der Waals surface area (Å²) in [6.07, 6.45) is 3.20. The van der Waals surface area contributed by atoms with Crippen molar-refractivity contribution in [2.24, 2.45) is 0 Å². The number of para-hydroxylation sites is 1. The molecular weight excluding hydrogens is 492 g/mol. The molecule has 0 radical (unpaired) electrons. The van der Waals surface area contributed by atoms with E-state index in [1.54, 1.807) is 16.8 Å². The molecule has 0 saturated carbocycles. The Hall–Kier alpha value is -4.24. The van der Waals surface area contributed by atoms with Crippen molar-refractivity contribution in [1.82, 2.24) is 24.6 Å². The second kappa shape index (κ2) is 10.8. The predicted octanol–water partition coefficient (Wildman–Crippen LogP) is 4.60. The number of piperidine rings is 1. The molecule has 1 saturated heterocycles. The van der Waals surface area contributed by atoms with Gasteiger partial charge in [-0.05, 0) is 54.7 Å². The molecule has 0 atom stereocenters. The molecule has 188 valence electrons. The van der Waals surface area contributed by atoms with Crippen LogP contribution in [0.3, 0.4) is 0 Å². The van der Waals surface area contributed by atoms with Gasteiger partial charge in [0.2, 0.25) is 11.7 Å². The largest absolute Gasteiger partial charge is 0.481 e. The van der Waals surface area contributed by atoms with E-state index in [4.69, 9.17) is 16.3 Å². The van der Waals surface area contributed by atoms with Crippen molar-refractivity contribution in [1.29, 1.82) is 0 Å². The van der Waals surface area contributed by atoms with E-state index in [1.807, 2.05) is 59.5 Å². The minimum Gasteiger partial charge on any atom is -0.481 e. The van der Waals surface area contributed by atoms with Gasteiger partial charge in [0.05, 0.1) is 12.8 Å². The number of ether oxygens (including phenoxy) is 1. The molecule has 10 heteroatoms. The molecule has 9 nitrogen and oxygen atoms in total. The number of anilines is 1. The van der Waals surface area contributed by atoms with Gasteiger partial charge in [0, 0.05) is 30.4 Å². The summed E-state index contributed by atoms with van der Waals surface area (Å²) in [4.78, 5) is 35.5. The second-order valence-electron chi connectivity index (χ2n) is 8.71. The van der Waals surface area contributed by atoms with Crippen molar-refractivity contribution >= 4 is 29.1 Å². The number of benzene rings is 2. The lowest BCUT2D eigenvalue weighted by Gasteiger charge is -2.32. The Morgan fingerprint density at radius 1 is 1.03 bits per heavy atom. The number of amides is 2. The molecule has 0 bridgehead atoms. The third-order valence-electron chi connectivity index (χ3n) is 6.36. The van der Waals surface area contributed by atoms with Crippen molar-refractivity contribution in [2.45, 2.75) is 18.8 Å². The van der Waals surface area contributed by atoms with Crippen molar-refractivity contribution in [2.75, 3.05) is 25.5 Å². The summed E-state index contributed by atoms with van der Waals surface area (Å²) in [5, 5.41) is 7.35. The average Bonchev–Trinajstić information content (AvgIpc) is 3.44. The summed E-state index contributed by atoms with van der Waals surface area (Å²) < 4.78 is 6.69. The summed E-state index contributed by atoms with van der Waals surface area (Å²) in [7, 11) is 1.49. The Kier molecular flexibility index (Phi) is 7.14. The van der Waals surface area contributed by atoms with Gasteiger partial charge in [-0.3, -0.25) is 9.59 Å². The number of likely N-dealkylation sites (tertiary alicyclic amines) is 1. The average molecular weight is 517 g/mol. The number of methoxy groups -OCH3 is 1. The molecule has 2 amide bonds. The van der Waals surface area contributed by atoms with Gasteiger partial charge < -0.3 is 15.0 Å². The maximum atomic E-state index is 12.9. The van der Waals surface area contributed by atoms with Crippen LogP contribution in [0.25, 0.3) is 5.69 Å². The molecule has 37 heavy (non-hydrogen) atoms. The van der Waals surface area contributed by atoms with E-state index in [1.165, 1.54) is 19.0 Å². The minimum atomic E-state index is -0.373. The van der Waals surface area contributed by atoms with Crippen molar-refractivity contribution in [3.05, 3.63) is 95.2 Å². The zero-order valence-corrected chi connectivity index (χ0v) is 20.9. The first-order chi connectivity index (χ1) is 18.0. The van der Waals surface area contributed by atoms with Gasteiger partial charge in [-0.25, -0.2) is 14.6 Å². The first-order valence-electron chi connectivity index (χ1n) is 11.9. The summed E-state index contributed by atoms with van der Waals surface area (Å²) in [6, 6.07) is 20.4. The number of rotatable bonds is 6. The number of carbonyl (C=O) groups is 2. The normalized spacial score (nSPS) is 13.8. The van der Waals surface area contributed by atoms with Crippen LogP contribution < -0.4 is 10.1 Å². The van der Waals surface area contributed by atoms with Gasteiger partial charge in [-0.15, -0.1) is 5.10 Å². The highest BCUT2D eigenvalue weighted by molar-refractivity contribution is 6.29. The number of pyridine rings is 1. The lowest BCUT2D eigenvalue weighted by Crippen LogP contribution is -2.38. The molecule has 1 aliphatic rings. The van der Waals surface area contributed by atoms with Gasteiger partial charge in [0.1, 0.15) is 11.5 Å². The fourth-order valence-corrected chi connectivity index (χ4v) is 4.60. The molecule has 1 aliphatic heterocycles. The van der Waals surface area contributed by atoms with E-state index in [9.17, 15) is 9.59 Å². The first-order valence-corrected chi connectivity index (χ1v) is 12.3. The van der Waals surface area contributed by atoms with E-state index in [2.05, 4.69) is 20.4 Å². The van der Waals surface area contributed by atoms with Gasteiger partial charge in [-0.1, -0.05) is 41.9 Å². The van der Waals surface area contributed by atoms with Crippen LogP contribution >= 0.6 is 11.6 Å². The van der Waals surface area contributed by atoms with E-state index >= 15 is 0 Å². The quantitative estimate of drug-likeness (QED) is 0.376. The molecule has 0 spiro atoms. The Morgan fingerprint density at radius 3 is 2.46 bits per heavy atom. The van der Waals surface area contributed by atoms with Crippen molar-refractivity contribution in [3.8, 4) is 11.6 Å². The summed E-state index contributed by atoms with van der Waals surface area (Å²) in [5.74, 6) is 0.286. The van der Waals surface area contributed by atoms with Crippen LogP contribution in [0.4, 0.5) is 5.69 Å². The Labute approximate surface area is 219 Å². The zero-order chi connectivity index (χ0) is 25.8. The van der Waals surface area contributed by atoms with Gasteiger partial charge in [0.15, 0.2) is 0 Å². The van der Waals surface area contributed by atoms with Gasteiger partial charge in [-0.2, -0.15) is 0 Å². The third kappa shape index (κ3) is 5.62. The fraction of sp³-hybridized carbons (Fsp3) is 0.222. The summed E-state index contributed by atoms with van der Waals surface area (Å²) >= 11 is 6.02. The number of hydrogen-bond acceptors (Lipinski definition) is 6. The van der Waals surface area contributed by atoms with E-state index in [0.29, 0.717) is 36.1 Å². The fourth-order valence-electron chi connectivity index (χ4n) is 4.40. The highest BCUT2D eigenvalue weighted by Gasteiger charge is 2.25. The Morgan fingerprint density at radius 2 is 1.76 bits per heavy atom.